The summed E-state index contributed by atoms with van der Waals surface area (Å²) in [5.74, 6) is 0. The van der Waals surface area contributed by atoms with Crippen molar-refractivity contribution < 1.29 is 4.57 Å². The molecule has 0 aliphatic carbocycles. The lowest BCUT2D eigenvalue weighted by Crippen LogP contribution is -2.67. The number of unbranched alkanes of at least 4 members (excludes halogenated alkanes) is 1. The average Bonchev–Trinajstić information content (AvgIpc) is 2.75. The third-order valence-corrected chi connectivity index (χ3v) is 7.97. The third kappa shape index (κ3) is 2.85. The van der Waals surface area contributed by atoms with Gasteiger partial charge in [0.25, 0.3) is 0 Å². The number of hydrogen-bond donors (Lipinski definition) is 0. The molecule has 0 spiro atoms. The first kappa shape index (κ1) is 20.1. The Morgan fingerprint density at radius 2 is 1.69 bits per heavy atom. The van der Waals surface area contributed by atoms with Crippen molar-refractivity contribution >= 4 is 10.8 Å². The molecule has 152 valence electrons. The van der Waals surface area contributed by atoms with Crippen LogP contribution in [0.3, 0.4) is 0 Å². The Balaban J connectivity index is 2.05. The summed E-state index contributed by atoms with van der Waals surface area (Å²) in [6, 6.07) is 16.6. The van der Waals surface area contributed by atoms with Gasteiger partial charge in [-0.3, -0.25) is 0 Å². The Bertz CT molecular complexity index is 1060. The van der Waals surface area contributed by atoms with Crippen LogP contribution < -0.4 is 4.57 Å². The van der Waals surface area contributed by atoms with Gasteiger partial charge in [-0.1, -0.05) is 57.0 Å². The lowest BCUT2D eigenvalue weighted by Gasteiger charge is -2.46. The molecule has 0 radical (unpaired) electrons. The van der Waals surface area contributed by atoms with Crippen LogP contribution in [0.2, 0.25) is 0 Å². The van der Waals surface area contributed by atoms with Crippen LogP contribution in [0, 0.1) is 6.92 Å². The summed E-state index contributed by atoms with van der Waals surface area (Å²) in [5, 5.41) is 2.76. The molecule has 0 saturated heterocycles. The smallest absolute Gasteiger partial charge is 0.192 e. The summed E-state index contributed by atoms with van der Waals surface area (Å²) >= 11 is 0. The number of fused-ring (bicyclic) bond motifs is 5. The minimum atomic E-state index is 0.0486. The van der Waals surface area contributed by atoms with Crippen LogP contribution in [0.25, 0.3) is 22.0 Å². The van der Waals surface area contributed by atoms with Crippen LogP contribution in [0.5, 0.6) is 0 Å². The summed E-state index contributed by atoms with van der Waals surface area (Å²) in [6.45, 7) is 14.1. The Hall–Kier alpha value is -2.15. The maximum absolute atomic E-state index is 2.60. The van der Waals surface area contributed by atoms with Gasteiger partial charge >= 0.3 is 0 Å². The molecule has 0 N–H and O–H groups in total. The lowest BCUT2D eigenvalue weighted by molar-refractivity contribution is -0.764. The standard InChI is InChI=1S/C28H36N/c1-7-10-11-21-13-15-23-22(19-21)16-17-29-26(23)24-14-12-20(4)18-25(24)27(5,8-2)28(29,6)9-3/h12-19H,7-11H2,1-6H3/q+1. The third-order valence-electron chi connectivity index (χ3n) is 7.97. The summed E-state index contributed by atoms with van der Waals surface area (Å²) < 4.78 is 2.60. The Morgan fingerprint density at radius 3 is 2.38 bits per heavy atom. The van der Waals surface area contributed by atoms with Crippen LogP contribution in [-0.2, 0) is 17.4 Å². The van der Waals surface area contributed by atoms with Crippen molar-refractivity contribution in [2.75, 3.05) is 0 Å². The van der Waals surface area contributed by atoms with Crippen molar-refractivity contribution in [3.63, 3.8) is 0 Å². The number of aromatic nitrogens is 1. The summed E-state index contributed by atoms with van der Waals surface area (Å²) in [6.07, 6.45) is 8.29. The van der Waals surface area contributed by atoms with Crippen LogP contribution >= 0.6 is 0 Å². The second kappa shape index (κ2) is 7.27. The molecule has 1 aliphatic rings. The van der Waals surface area contributed by atoms with Gasteiger partial charge in [-0.2, -0.15) is 4.57 Å². The van der Waals surface area contributed by atoms with E-state index in [9.17, 15) is 0 Å². The van der Waals surface area contributed by atoms with Gasteiger partial charge in [0.1, 0.15) is 0 Å². The molecule has 1 heteroatoms. The van der Waals surface area contributed by atoms with E-state index >= 15 is 0 Å². The van der Waals surface area contributed by atoms with Gasteiger partial charge in [0.2, 0.25) is 5.69 Å². The molecule has 0 bridgehead atoms. The average molecular weight is 387 g/mol. The predicted molar refractivity (Wildman–Crippen MR) is 125 cm³/mol. The quantitative estimate of drug-likeness (QED) is 0.406. The van der Waals surface area contributed by atoms with Crippen molar-refractivity contribution in [1.82, 2.24) is 0 Å². The summed E-state index contributed by atoms with van der Waals surface area (Å²) in [4.78, 5) is 0. The van der Waals surface area contributed by atoms with Gasteiger partial charge in [-0.15, -0.1) is 0 Å². The molecule has 0 saturated carbocycles. The van der Waals surface area contributed by atoms with Gasteiger partial charge in [-0.25, -0.2) is 0 Å². The number of hydrogen-bond acceptors (Lipinski definition) is 0. The van der Waals surface area contributed by atoms with Gasteiger partial charge in [0.05, 0.1) is 16.4 Å². The largest absolute Gasteiger partial charge is 0.221 e. The van der Waals surface area contributed by atoms with E-state index in [0.717, 1.165) is 12.8 Å². The highest BCUT2D eigenvalue weighted by Gasteiger charge is 2.56. The minimum absolute atomic E-state index is 0.0486. The molecule has 2 atom stereocenters. The fourth-order valence-corrected chi connectivity index (χ4v) is 5.56. The van der Waals surface area contributed by atoms with Crippen molar-refractivity contribution in [1.29, 1.82) is 0 Å². The highest BCUT2D eigenvalue weighted by molar-refractivity contribution is 5.94. The molecule has 0 amide bonds. The van der Waals surface area contributed by atoms with E-state index < -0.39 is 0 Å². The lowest BCUT2D eigenvalue weighted by atomic mass is 9.60. The fraction of sp³-hybridized carbons (Fsp3) is 0.464. The molecule has 4 rings (SSSR count). The van der Waals surface area contributed by atoms with Crippen LogP contribution in [0.1, 0.15) is 77.0 Å². The van der Waals surface area contributed by atoms with Crippen LogP contribution in [0.4, 0.5) is 0 Å². The predicted octanol–water partition coefficient (Wildman–Crippen LogP) is 7.25. The SMILES string of the molecule is CCCCc1ccc2c3[n+](ccc2c1)C(C)(CC)C(C)(CC)c1cc(C)ccc1-3. The first-order valence-electron chi connectivity index (χ1n) is 11.5. The van der Waals surface area contributed by atoms with E-state index in [-0.39, 0.29) is 11.0 Å². The Labute approximate surface area is 176 Å². The van der Waals surface area contributed by atoms with Crippen molar-refractivity contribution in [2.24, 2.45) is 0 Å². The van der Waals surface area contributed by atoms with E-state index in [1.807, 2.05) is 0 Å². The van der Waals surface area contributed by atoms with E-state index in [0.29, 0.717) is 0 Å². The summed E-state index contributed by atoms with van der Waals surface area (Å²) in [5.41, 5.74) is 7.31. The Kier molecular flexibility index (Phi) is 5.05. The second-order valence-corrected chi connectivity index (χ2v) is 9.42. The number of pyridine rings is 1. The Morgan fingerprint density at radius 1 is 0.897 bits per heavy atom. The number of benzene rings is 2. The maximum atomic E-state index is 2.60. The molecular weight excluding hydrogens is 350 g/mol. The van der Waals surface area contributed by atoms with E-state index in [4.69, 9.17) is 0 Å². The molecule has 2 aromatic carbocycles. The van der Waals surface area contributed by atoms with Crippen molar-refractivity contribution in [3.05, 3.63) is 65.4 Å². The molecule has 2 heterocycles. The highest BCUT2D eigenvalue weighted by Crippen LogP contribution is 2.50. The second-order valence-electron chi connectivity index (χ2n) is 9.42. The minimum Gasteiger partial charge on any atom is -0.192 e. The molecule has 29 heavy (non-hydrogen) atoms. The normalized spacial score (nSPS) is 23.1. The molecular formula is C28H36N+. The van der Waals surface area contributed by atoms with Gasteiger partial charge in [0, 0.05) is 19.4 Å². The van der Waals surface area contributed by atoms with E-state index in [1.165, 1.54) is 58.0 Å². The molecule has 0 fully saturated rings. The molecule has 1 nitrogen and oxygen atoms in total. The number of rotatable bonds is 5. The monoisotopic (exact) mass is 386 g/mol. The van der Waals surface area contributed by atoms with E-state index in [2.05, 4.69) is 94.8 Å². The first-order chi connectivity index (χ1) is 13.9. The number of nitrogens with zero attached hydrogens (tertiary/aromatic N) is 1. The topological polar surface area (TPSA) is 3.88 Å². The zero-order valence-electron chi connectivity index (χ0n) is 19.1. The van der Waals surface area contributed by atoms with Gasteiger partial charge in [-0.05, 0) is 61.8 Å². The number of aryl methyl sites for hydroxylation is 2. The molecule has 1 aromatic heterocycles. The fourth-order valence-electron chi connectivity index (χ4n) is 5.56. The zero-order chi connectivity index (χ0) is 20.8. The summed E-state index contributed by atoms with van der Waals surface area (Å²) in [7, 11) is 0. The van der Waals surface area contributed by atoms with Crippen LogP contribution in [-0.4, -0.2) is 0 Å². The van der Waals surface area contributed by atoms with Gasteiger partial charge < -0.3 is 0 Å². The maximum Gasteiger partial charge on any atom is 0.221 e. The van der Waals surface area contributed by atoms with Crippen LogP contribution in [0.15, 0.2) is 48.7 Å². The van der Waals surface area contributed by atoms with Crippen molar-refractivity contribution in [2.45, 2.75) is 84.6 Å². The van der Waals surface area contributed by atoms with Crippen molar-refractivity contribution in [3.8, 4) is 11.3 Å². The molecule has 1 aliphatic heterocycles. The van der Waals surface area contributed by atoms with Gasteiger partial charge in [0.15, 0.2) is 11.7 Å². The van der Waals surface area contributed by atoms with E-state index in [1.54, 1.807) is 0 Å². The highest BCUT2D eigenvalue weighted by atomic mass is 15.1. The molecule has 3 aromatic rings. The zero-order valence-corrected chi connectivity index (χ0v) is 19.1. The molecule has 2 unspecified atom stereocenters. The first-order valence-corrected chi connectivity index (χ1v) is 11.5.